The number of aromatic nitrogens is 3. The first-order valence-electron chi connectivity index (χ1n) is 7.14. The Morgan fingerprint density at radius 3 is 2.71 bits per heavy atom. The molecule has 21 heavy (non-hydrogen) atoms. The van der Waals surface area contributed by atoms with Crippen molar-refractivity contribution >= 4 is 11.8 Å². The number of pyridine rings is 1. The molecule has 1 saturated carbocycles. The minimum absolute atomic E-state index is 0.205. The van der Waals surface area contributed by atoms with Crippen LogP contribution in [0.2, 0.25) is 0 Å². The van der Waals surface area contributed by atoms with Crippen molar-refractivity contribution in [1.82, 2.24) is 14.8 Å². The molecule has 0 aromatic carbocycles. The van der Waals surface area contributed by atoms with Gasteiger partial charge in [0, 0.05) is 25.5 Å². The largest absolute Gasteiger partial charge is 0.478 e. The number of carbonyl (C=O) groups is 1. The minimum Gasteiger partial charge on any atom is -0.478 e. The van der Waals surface area contributed by atoms with E-state index in [1.54, 1.807) is 4.68 Å². The van der Waals surface area contributed by atoms with Gasteiger partial charge >= 0.3 is 5.97 Å². The van der Waals surface area contributed by atoms with Gasteiger partial charge in [0.25, 0.3) is 0 Å². The number of hydrogen-bond acceptors (Lipinski definition) is 4. The summed E-state index contributed by atoms with van der Waals surface area (Å²) in [7, 11) is 0. The smallest absolute Gasteiger partial charge is 0.338 e. The highest BCUT2D eigenvalue weighted by atomic mass is 16.4. The van der Waals surface area contributed by atoms with Gasteiger partial charge in [0.05, 0.1) is 18.3 Å². The van der Waals surface area contributed by atoms with E-state index < -0.39 is 5.97 Å². The van der Waals surface area contributed by atoms with Crippen molar-refractivity contribution in [2.45, 2.75) is 13.0 Å². The van der Waals surface area contributed by atoms with E-state index in [0.29, 0.717) is 6.54 Å². The van der Waals surface area contributed by atoms with Crippen LogP contribution in [-0.4, -0.2) is 38.9 Å². The molecule has 1 aliphatic heterocycles. The molecular weight excluding hydrogens is 268 g/mol. The lowest BCUT2D eigenvalue weighted by atomic mass is 10.2. The fourth-order valence-corrected chi connectivity index (χ4v) is 3.03. The Balaban J connectivity index is 1.44. The van der Waals surface area contributed by atoms with Crippen molar-refractivity contribution in [3.63, 3.8) is 0 Å². The highest BCUT2D eigenvalue weighted by molar-refractivity contribution is 5.86. The molecule has 2 aliphatic rings. The SMILES string of the molecule is O=C(O)c1cnn(Cc2ccc(N3CC4CC4C3)nc2)c1. The van der Waals surface area contributed by atoms with E-state index in [1.165, 1.54) is 18.8 Å². The van der Waals surface area contributed by atoms with Gasteiger partial charge < -0.3 is 10.0 Å². The Morgan fingerprint density at radius 2 is 2.10 bits per heavy atom. The Bertz CT molecular complexity index is 669. The second-order valence-electron chi connectivity index (χ2n) is 5.92. The average Bonchev–Trinajstić information content (AvgIpc) is 2.90. The van der Waals surface area contributed by atoms with E-state index in [0.717, 1.165) is 36.3 Å². The summed E-state index contributed by atoms with van der Waals surface area (Å²) >= 11 is 0. The molecule has 1 N–H and O–H groups in total. The lowest BCUT2D eigenvalue weighted by Crippen LogP contribution is -2.22. The molecule has 3 heterocycles. The summed E-state index contributed by atoms with van der Waals surface area (Å²) in [5.74, 6) is 1.87. The number of aromatic carboxylic acids is 1. The van der Waals surface area contributed by atoms with Crippen molar-refractivity contribution in [2.24, 2.45) is 11.8 Å². The van der Waals surface area contributed by atoms with Crippen LogP contribution in [0.4, 0.5) is 5.82 Å². The molecule has 4 rings (SSSR count). The van der Waals surface area contributed by atoms with Crippen LogP contribution in [0.5, 0.6) is 0 Å². The van der Waals surface area contributed by atoms with Gasteiger partial charge in [-0.2, -0.15) is 5.10 Å². The fraction of sp³-hybridized carbons (Fsp3) is 0.400. The fourth-order valence-electron chi connectivity index (χ4n) is 3.03. The summed E-state index contributed by atoms with van der Waals surface area (Å²) in [6.07, 6.45) is 6.13. The maximum absolute atomic E-state index is 10.8. The predicted octanol–water partition coefficient (Wildman–Crippen LogP) is 1.48. The number of anilines is 1. The van der Waals surface area contributed by atoms with Crippen LogP contribution in [0.3, 0.4) is 0 Å². The van der Waals surface area contributed by atoms with E-state index in [-0.39, 0.29) is 5.56 Å². The third kappa shape index (κ3) is 2.37. The third-order valence-corrected chi connectivity index (χ3v) is 4.34. The van der Waals surface area contributed by atoms with E-state index >= 15 is 0 Å². The maximum Gasteiger partial charge on any atom is 0.338 e. The molecule has 0 spiro atoms. The highest BCUT2D eigenvalue weighted by Gasteiger charge is 2.45. The number of carboxylic acids is 1. The quantitative estimate of drug-likeness (QED) is 0.920. The van der Waals surface area contributed by atoms with Crippen LogP contribution < -0.4 is 4.90 Å². The van der Waals surface area contributed by atoms with Crippen molar-refractivity contribution in [2.75, 3.05) is 18.0 Å². The molecule has 0 amide bonds. The molecule has 108 valence electrons. The number of piperidine rings is 1. The zero-order chi connectivity index (χ0) is 14.4. The molecule has 2 unspecified atom stereocenters. The van der Waals surface area contributed by atoms with Crippen LogP contribution in [-0.2, 0) is 6.54 Å². The van der Waals surface area contributed by atoms with Gasteiger partial charge in [-0.15, -0.1) is 0 Å². The maximum atomic E-state index is 10.8. The van der Waals surface area contributed by atoms with Crippen LogP contribution in [0.1, 0.15) is 22.3 Å². The molecule has 0 bridgehead atoms. The monoisotopic (exact) mass is 284 g/mol. The molecule has 2 fully saturated rings. The molecule has 1 aliphatic carbocycles. The Labute approximate surface area is 122 Å². The zero-order valence-corrected chi connectivity index (χ0v) is 11.5. The van der Waals surface area contributed by atoms with Gasteiger partial charge in [0.15, 0.2) is 0 Å². The van der Waals surface area contributed by atoms with Crippen LogP contribution >= 0.6 is 0 Å². The first kappa shape index (κ1) is 12.4. The van der Waals surface area contributed by atoms with Gasteiger partial charge in [-0.3, -0.25) is 4.68 Å². The zero-order valence-electron chi connectivity index (χ0n) is 11.5. The van der Waals surface area contributed by atoms with E-state index in [9.17, 15) is 4.79 Å². The minimum atomic E-state index is -0.956. The standard InChI is InChI=1S/C15H16N4O2/c20-15(21)13-5-17-19(9-13)6-10-1-2-14(16-4-10)18-7-11-3-12(11)8-18/h1-2,4-5,9,11-12H,3,6-8H2,(H,20,21). The molecular formula is C15H16N4O2. The van der Waals surface area contributed by atoms with Crippen molar-refractivity contribution in [3.05, 3.63) is 41.9 Å². The van der Waals surface area contributed by atoms with Crippen molar-refractivity contribution in [1.29, 1.82) is 0 Å². The summed E-state index contributed by atoms with van der Waals surface area (Å²) < 4.78 is 1.62. The summed E-state index contributed by atoms with van der Waals surface area (Å²) in [5, 5.41) is 12.9. The summed E-state index contributed by atoms with van der Waals surface area (Å²) in [5.41, 5.74) is 1.22. The average molecular weight is 284 g/mol. The summed E-state index contributed by atoms with van der Waals surface area (Å²) in [4.78, 5) is 17.7. The van der Waals surface area contributed by atoms with Gasteiger partial charge in [-0.05, 0) is 29.9 Å². The molecule has 6 nitrogen and oxygen atoms in total. The second-order valence-corrected chi connectivity index (χ2v) is 5.92. The topological polar surface area (TPSA) is 71.2 Å². The normalized spacial score (nSPS) is 23.1. The van der Waals surface area contributed by atoms with Crippen LogP contribution in [0.15, 0.2) is 30.7 Å². The predicted molar refractivity (Wildman–Crippen MR) is 76.3 cm³/mol. The van der Waals surface area contributed by atoms with E-state index in [1.807, 2.05) is 18.3 Å². The number of nitrogens with zero attached hydrogens (tertiary/aromatic N) is 4. The summed E-state index contributed by atoms with van der Waals surface area (Å²) in [6, 6.07) is 4.08. The summed E-state index contributed by atoms with van der Waals surface area (Å²) in [6.45, 7) is 2.81. The molecule has 2 aromatic rings. The van der Waals surface area contributed by atoms with Crippen LogP contribution in [0.25, 0.3) is 0 Å². The van der Waals surface area contributed by atoms with E-state index in [2.05, 4.69) is 15.0 Å². The van der Waals surface area contributed by atoms with Gasteiger partial charge in [0.1, 0.15) is 5.82 Å². The molecule has 2 aromatic heterocycles. The third-order valence-electron chi connectivity index (χ3n) is 4.34. The van der Waals surface area contributed by atoms with Crippen molar-refractivity contribution in [3.8, 4) is 0 Å². The lowest BCUT2D eigenvalue weighted by molar-refractivity contribution is 0.0697. The molecule has 0 radical (unpaired) electrons. The Hall–Kier alpha value is -2.37. The Kier molecular flexibility index (Phi) is 2.70. The molecule has 1 saturated heterocycles. The molecule has 6 heteroatoms. The first-order chi connectivity index (χ1) is 10.2. The first-order valence-corrected chi connectivity index (χ1v) is 7.14. The van der Waals surface area contributed by atoms with Gasteiger partial charge in [-0.1, -0.05) is 6.07 Å². The number of rotatable bonds is 4. The number of hydrogen-bond donors (Lipinski definition) is 1. The second kappa shape index (κ2) is 4.58. The Morgan fingerprint density at radius 1 is 1.29 bits per heavy atom. The van der Waals surface area contributed by atoms with Gasteiger partial charge in [0.2, 0.25) is 0 Å². The van der Waals surface area contributed by atoms with Crippen molar-refractivity contribution < 1.29 is 9.90 Å². The molecule has 2 atom stereocenters. The highest BCUT2D eigenvalue weighted by Crippen LogP contribution is 2.45. The van der Waals surface area contributed by atoms with E-state index in [4.69, 9.17) is 5.11 Å². The number of fused-ring (bicyclic) bond motifs is 1. The lowest BCUT2D eigenvalue weighted by Gasteiger charge is -2.18. The van der Waals surface area contributed by atoms with Crippen LogP contribution in [0, 0.1) is 11.8 Å². The number of carboxylic acid groups (broad SMARTS) is 1. The van der Waals surface area contributed by atoms with Gasteiger partial charge in [-0.25, -0.2) is 9.78 Å².